The summed E-state index contributed by atoms with van der Waals surface area (Å²) in [5.74, 6) is 0. The van der Waals surface area contributed by atoms with Crippen molar-refractivity contribution < 1.29 is 13.5 Å². The lowest BCUT2D eigenvalue weighted by atomic mass is 10.2. The molecule has 0 atom stereocenters. The minimum absolute atomic E-state index is 0.0638. The Balaban J connectivity index is 2.22. The van der Waals surface area contributed by atoms with Gasteiger partial charge in [-0.25, -0.2) is 8.42 Å². The smallest absolute Gasteiger partial charge is 0.263 e. The quantitative estimate of drug-likeness (QED) is 0.876. The molecule has 2 N–H and O–H groups in total. The first-order valence-corrected chi connectivity index (χ1v) is 6.84. The van der Waals surface area contributed by atoms with E-state index in [2.05, 4.69) is 4.72 Å². The fraction of sp³-hybridized carbons (Fsp3) is 0.167. The van der Waals surface area contributed by atoms with E-state index >= 15 is 0 Å². The summed E-state index contributed by atoms with van der Waals surface area (Å²) in [6.07, 6.45) is 3.20. The standard InChI is InChI=1S/C12H14N2O3S/c1-14-7-6-12(8-14)18(16,17)13-11-4-2-10(9-15)3-5-11/h2-8,13,15H,9H2,1H3. The molecule has 1 aromatic carbocycles. The first-order chi connectivity index (χ1) is 8.51. The molecule has 18 heavy (non-hydrogen) atoms. The molecule has 0 amide bonds. The lowest BCUT2D eigenvalue weighted by Crippen LogP contribution is -2.12. The molecule has 0 aliphatic rings. The van der Waals surface area contributed by atoms with Crippen LogP contribution < -0.4 is 4.72 Å². The van der Waals surface area contributed by atoms with Gasteiger partial charge in [0.1, 0.15) is 4.90 Å². The normalized spacial score (nSPS) is 11.4. The fourth-order valence-corrected chi connectivity index (χ4v) is 2.64. The molecule has 0 radical (unpaired) electrons. The molecular formula is C12H14N2O3S. The molecule has 1 heterocycles. The fourth-order valence-electron chi connectivity index (χ4n) is 1.53. The Hall–Kier alpha value is -1.79. The summed E-state index contributed by atoms with van der Waals surface area (Å²) in [4.78, 5) is 0.219. The molecule has 0 aliphatic heterocycles. The van der Waals surface area contributed by atoms with E-state index in [9.17, 15) is 8.42 Å². The van der Waals surface area contributed by atoms with Crippen LogP contribution in [-0.4, -0.2) is 18.1 Å². The number of aliphatic hydroxyl groups is 1. The molecule has 1 aromatic heterocycles. The van der Waals surface area contributed by atoms with Crippen molar-refractivity contribution in [3.63, 3.8) is 0 Å². The Bertz CT molecular complexity index is 630. The van der Waals surface area contributed by atoms with Crippen molar-refractivity contribution in [1.82, 2.24) is 4.57 Å². The Labute approximate surface area is 106 Å². The summed E-state index contributed by atoms with van der Waals surface area (Å²) < 4.78 is 28.1. The van der Waals surface area contributed by atoms with Crippen LogP contribution in [-0.2, 0) is 23.7 Å². The third-order valence-corrected chi connectivity index (χ3v) is 3.87. The molecule has 2 aromatic rings. The van der Waals surface area contributed by atoms with Gasteiger partial charge in [0.25, 0.3) is 10.0 Å². The van der Waals surface area contributed by atoms with Crippen LogP contribution in [0.5, 0.6) is 0 Å². The summed E-state index contributed by atoms with van der Waals surface area (Å²) in [5.41, 5.74) is 1.20. The molecule has 5 nitrogen and oxygen atoms in total. The molecular weight excluding hydrogens is 252 g/mol. The van der Waals surface area contributed by atoms with Crippen molar-refractivity contribution in [2.24, 2.45) is 7.05 Å². The van der Waals surface area contributed by atoms with Crippen molar-refractivity contribution in [3.05, 3.63) is 48.3 Å². The highest BCUT2D eigenvalue weighted by Crippen LogP contribution is 2.16. The second-order valence-electron chi connectivity index (χ2n) is 3.97. The predicted molar refractivity (Wildman–Crippen MR) is 68.6 cm³/mol. The van der Waals surface area contributed by atoms with Crippen LogP contribution in [0.1, 0.15) is 5.56 Å². The summed E-state index contributed by atoms with van der Waals surface area (Å²) >= 11 is 0. The Morgan fingerprint density at radius 3 is 2.39 bits per heavy atom. The number of nitrogens with zero attached hydrogens (tertiary/aromatic N) is 1. The number of nitrogens with one attached hydrogen (secondary N) is 1. The van der Waals surface area contributed by atoms with Gasteiger partial charge in [0.05, 0.1) is 6.61 Å². The molecule has 0 saturated heterocycles. The Kier molecular flexibility index (Phi) is 3.40. The van der Waals surface area contributed by atoms with E-state index < -0.39 is 10.0 Å². The van der Waals surface area contributed by atoms with E-state index in [1.54, 1.807) is 42.1 Å². The number of hydrogen-bond donors (Lipinski definition) is 2. The largest absolute Gasteiger partial charge is 0.392 e. The molecule has 0 bridgehead atoms. The van der Waals surface area contributed by atoms with Gasteiger partial charge in [-0.2, -0.15) is 0 Å². The van der Waals surface area contributed by atoms with E-state index in [-0.39, 0.29) is 11.5 Å². The van der Waals surface area contributed by atoms with Crippen molar-refractivity contribution in [2.45, 2.75) is 11.5 Å². The van der Waals surface area contributed by atoms with E-state index in [1.165, 1.54) is 12.3 Å². The minimum Gasteiger partial charge on any atom is -0.392 e. The van der Waals surface area contributed by atoms with E-state index in [0.717, 1.165) is 5.56 Å². The van der Waals surface area contributed by atoms with E-state index in [0.29, 0.717) is 5.69 Å². The minimum atomic E-state index is -3.55. The number of rotatable bonds is 4. The molecule has 0 aliphatic carbocycles. The van der Waals surface area contributed by atoms with Crippen LogP contribution in [0.3, 0.4) is 0 Å². The highest BCUT2D eigenvalue weighted by atomic mass is 32.2. The van der Waals surface area contributed by atoms with Crippen LogP contribution in [0.4, 0.5) is 5.69 Å². The maximum atomic E-state index is 12.0. The molecule has 2 rings (SSSR count). The van der Waals surface area contributed by atoms with E-state index in [1.807, 2.05) is 0 Å². The molecule has 6 heteroatoms. The number of anilines is 1. The third kappa shape index (κ3) is 2.72. The first kappa shape index (κ1) is 12.7. The maximum Gasteiger partial charge on any atom is 0.263 e. The summed E-state index contributed by atoms with van der Waals surface area (Å²) in [5, 5.41) is 8.90. The lowest BCUT2D eigenvalue weighted by Gasteiger charge is -2.06. The predicted octanol–water partition coefficient (Wildman–Crippen LogP) is 1.32. The highest BCUT2D eigenvalue weighted by Gasteiger charge is 2.14. The van der Waals surface area contributed by atoms with Gasteiger partial charge in [0.15, 0.2) is 0 Å². The lowest BCUT2D eigenvalue weighted by molar-refractivity contribution is 0.282. The van der Waals surface area contributed by atoms with Gasteiger partial charge in [-0.1, -0.05) is 12.1 Å². The molecule has 0 fully saturated rings. The first-order valence-electron chi connectivity index (χ1n) is 5.36. The Morgan fingerprint density at radius 2 is 1.89 bits per heavy atom. The van der Waals surface area contributed by atoms with Crippen molar-refractivity contribution in [3.8, 4) is 0 Å². The number of aliphatic hydroxyl groups excluding tert-OH is 1. The van der Waals surface area contributed by atoms with Crippen LogP contribution in [0.15, 0.2) is 47.6 Å². The van der Waals surface area contributed by atoms with Crippen LogP contribution in [0.2, 0.25) is 0 Å². The monoisotopic (exact) mass is 266 g/mol. The Morgan fingerprint density at radius 1 is 1.22 bits per heavy atom. The average molecular weight is 266 g/mol. The number of hydrogen-bond acceptors (Lipinski definition) is 3. The highest BCUT2D eigenvalue weighted by molar-refractivity contribution is 7.92. The van der Waals surface area contributed by atoms with Gasteiger partial charge in [0.2, 0.25) is 0 Å². The summed E-state index contributed by atoms with van der Waals surface area (Å²) in [7, 11) is -1.79. The molecule has 96 valence electrons. The van der Waals surface area contributed by atoms with Crippen LogP contribution in [0, 0.1) is 0 Å². The summed E-state index contributed by atoms with van der Waals surface area (Å²) in [6, 6.07) is 8.11. The number of sulfonamides is 1. The van der Waals surface area contributed by atoms with Gasteiger partial charge in [0, 0.05) is 25.1 Å². The molecule has 0 spiro atoms. The maximum absolute atomic E-state index is 12.0. The van der Waals surface area contributed by atoms with Crippen LogP contribution >= 0.6 is 0 Å². The summed E-state index contributed by atoms with van der Waals surface area (Å²) in [6.45, 7) is -0.0638. The second kappa shape index (κ2) is 4.83. The number of benzene rings is 1. The van der Waals surface area contributed by atoms with Gasteiger partial charge in [-0.15, -0.1) is 0 Å². The average Bonchev–Trinajstić information content (AvgIpc) is 2.77. The van der Waals surface area contributed by atoms with Gasteiger partial charge >= 0.3 is 0 Å². The molecule has 0 saturated carbocycles. The third-order valence-electron chi connectivity index (χ3n) is 2.50. The van der Waals surface area contributed by atoms with Gasteiger partial charge < -0.3 is 9.67 Å². The zero-order chi connectivity index (χ0) is 13.2. The van der Waals surface area contributed by atoms with Crippen molar-refractivity contribution in [2.75, 3.05) is 4.72 Å². The van der Waals surface area contributed by atoms with E-state index in [4.69, 9.17) is 5.11 Å². The van der Waals surface area contributed by atoms with Crippen LogP contribution in [0.25, 0.3) is 0 Å². The van der Waals surface area contributed by atoms with Crippen molar-refractivity contribution in [1.29, 1.82) is 0 Å². The van der Waals surface area contributed by atoms with Gasteiger partial charge in [-0.05, 0) is 23.8 Å². The zero-order valence-corrected chi connectivity index (χ0v) is 10.7. The second-order valence-corrected chi connectivity index (χ2v) is 5.66. The molecule has 0 unspecified atom stereocenters. The van der Waals surface area contributed by atoms with Crippen molar-refractivity contribution >= 4 is 15.7 Å². The number of aryl methyl sites for hydroxylation is 1. The number of aromatic nitrogens is 1. The SMILES string of the molecule is Cn1ccc(S(=O)(=O)Nc2ccc(CO)cc2)c1. The topological polar surface area (TPSA) is 71.3 Å². The zero-order valence-electron chi connectivity index (χ0n) is 9.87. The van der Waals surface area contributed by atoms with Gasteiger partial charge in [-0.3, -0.25) is 4.72 Å².